The average molecular weight is 377 g/mol. The van der Waals surface area contributed by atoms with Gasteiger partial charge in [0, 0.05) is 25.7 Å². The van der Waals surface area contributed by atoms with Crippen LogP contribution in [0.15, 0.2) is 24.3 Å². The van der Waals surface area contributed by atoms with E-state index in [4.69, 9.17) is 9.47 Å². The van der Waals surface area contributed by atoms with E-state index in [-0.39, 0.29) is 18.5 Å². The van der Waals surface area contributed by atoms with Gasteiger partial charge < -0.3 is 20.1 Å². The SMILES string of the molecule is CC(=O)OCc1ccc(NC(=O)C(CCCN2CCOCC2)NC=O)cc1. The maximum absolute atomic E-state index is 12.4. The summed E-state index contributed by atoms with van der Waals surface area (Å²) in [5.74, 6) is -0.593. The number of hydrogen-bond donors (Lipinski definition) is 2. The van der Waals surface area contributed by atoms with Crippen LogP contribution >= 0.6 is 0 Å². The van der Waals surface area contributed by atoms with E-state index in [9.17, 15) is 14.4 Å². The van der Waals surface area contributed by atoms with Gasteiger partial charge in [0.15, 0.2) is 0 Å². The number of amides is 2. The smallest absolute Gasteiger partial charge is 0.302 e. The first kappa shape index (κ1) is 20.9. The fourth-order valence-electron chi connectivity index (χ4n) is 2.81. The number of benzene rings is 1. The molecule has 0 aliphatic carbocycles. The molecule has 0 aromatic heterocycles. The molecular formula is C19H27N3O5. The summed E-state index contributed by atoms with van der Waals surface area (Å²) in [5.41, 5.74) is 1.45. The summed E-state index contributed by atoms with van der Waals surface area (Å²) < 4.78 is 10.2. The first-order valence-corrected chi connectivity index (χ1v) is 9.11. The monoisotopic (exact) mass is 377 g/mol. The summed E-state index contributed by atoms with van der Waals surface area (Å²) in [4.78, 5) is 36.4. The summed E-state index contributed by atoms with van der Waals surface area (Å²) in [7, 11) is 0. The predicted molar refractivity (Wildman–Crippen MR) is 100 cm³/mol. The van der Waals surface area contributed by atoms with Crippen LogP contribution < -0.4 is 10.6 Å². The van der Waals surface area contributed by atoms with Crippen LogP contribution in [0.1, 0.15) is 25.3 Å². The van der Waals surface area contributed by atoms with Crippen molar-refractivity contribution in [1.82, 2.24) is 10.2 Å². The predicted octanol–water partition coefficient (Wildman–Crippen LogP) is 0.915. The lowest BCUT2D eigenvalue weighted by molar-refractivity contribution is -0.142. The van der Waals surface area contributed by atoms with Crippen LogP contribution in [0, 0.1) is 0 Å². The highest BCUT2D eigenvalue weighted by Crippen LogP contribution is 2.12. The number of ether oxygens (including phenoxy) is 2. The Morgan fingerprint density at radius 1 is 1.26 bits per heavy atom. The number of carbonyl (C=O) groups is 3. The van der Waals surface area contributed by atoms with Crippen LogP contribution in [0.4, 0.5) is 5.69 Å². The molecule has 1 unspecified atom stereocenters. The number of morpholine rings is 1. The van der Waals surface area contributed by atoms with Crippen molar-refractivity contribution in [3.05, 3.63) is 29.8 Å². The largest absolute Gasteiger partial charge is 0.461 e. The van der Waals surface area contributed by atoms with Crippen molar-refractivity contribution < 1.29 is 23.9 Å². The van der Waals surface area contributed by atoms with E-state index in [1.807, 2.05) is 0 Å². The summed E-state index contributed by atoms with van der Waals surface area (Å²) in [6.45, 7) is 5.70. The highest BCUT2D eigenvalue weighted by Gasteiger charge is 2.18. The van der Waals surface area contributed by atoms with E-state index in [1.54, 1.807) is 24.3 Å². The van der Waals surface area contributed by atoms with Gasteiger partial charge in [0.2, 0.25) is 12.3 Å². The molecule has 1 atom stereocenters. The molecule has 1 aliphatic heterocycles. The maximum Gasteiger partial charge on any atom is 0.302 e. The fourth-order valence-corrected chi connectivity index (χ4v) is 2.81. The van der Waals surface area contributed by atoms with Crippen LogP contribution in [0.5, 0.6) is 0 Å². The molecular weight excluding hydrogens is 350 g/mol. The van der Waals surface area contributed by atoms with Crippen molar-refractivity contribution in [2.75, 3.05) is 38.2 Å². The van der Waals surface area contributed by atoms with E-state index in [1.165, 1.54) is 6.92 Å². The standard InChI is InChI=1S/C19H27N3O5/c1-15(24)27-13-16-4-6-17(7-5-16)21-19(25)18(20-14-23)3-2-8-22-9-11-26-12-10-22/h4-7,14,18H,2-3,8-13H2,1H3,(H,20,23)(H,21,25). The van der Waals surface area contributed by atoms with E-state index in [2.05, 4.69) is 15.5 Å². The Kier molecular flexibility index (Phi) is 8.73. The molecule has 1 aliphatic rings. The summed E-state index contributed by atoms with van der Waals surface area (Å²) in [6, 6.07) is 6.45. The summed E-state index contributed by atoms with van der Waals surface area (Å²) in [5, 5.41) is 5.40. The molecule has 8 heteroatoms. The lowest BCUT2D eigenvalue weighted by Crippen LogP contribution is -2.41. The zero-order chi connectivity index (χ0) is 19.5. The third-order valence-corrected chi connectivity index (χ3v) is 4.32. The molecule has 2 amide bonds. The van der Waals surface area contributed by atoms with Crippen molar-refractivity contribution >= 4 is 24.0 Å². The second-order valence-electron chi connectivity index (χ2n) is 6.40. The third-order valence-electron chi connectivity index (χ3n) is 4.32. The van der Waals surface area contributed by atoms with Crippen molar-refractivity contribution in [2.24, 2.45) is 0 Å². The third kappa shape index (κ3) is 7.76. The number of nitrogens with one attached hydrogen (secondary N) is 2. The molecule has 1 saturated heterocycles. The molecule has 0 radical (unpaired) electrons. The fraction of sp³-hybridized carbons (Fsp3) is 0.526. The minimum absolute atomic E-state index is 0.195. The van der Waals surface area contributed by atoms with Gasteiger partial charge >= 0.3 is 5.97 Å². The Morgan fingerprint density at radius 3 is 2.59 bits per heavy atom. The molecule has 0 saturated carbocycles. The topological polar surface area (TPSA) is 97.0 Å². The first-order chi connectivity index (χ1) is 13.1. The van der Waals surface area contributed by atoms with Crippen LogP contribution in [-0.2, 0) is 30.5 Å². The van der Waals surface area contributed by atoms with Gasteiger partial charge in [-0.2, -0.15) is 0 Å². The Morgan fingerprint density at radius 2 is 1.96 bits per heavy atom. The minimum Gasteiger partial charge on any atom is -0.461 e. The molecule has 2 N–H and O–H groups in total. The molecule has 0 spiro atoms. The Hall–Kier alpha value is -2.45. The maximum atomic E-state index is 12.4. The van der Waals surface area contributed by atoms with E-state index < -0.39 is 6.04 Å². The molecule has 1 aromatic rings. The van der Waals surface area contributed by atoms with E-state index in [0.717, 1.165) is 44.8 Å². The van der Waals surface area contributed by atoms with Gasteiger partial charge in [0.05, 0.1) is 13.2 Å². The number of nitrogens with zero attached hydrogens (tertiary/aromatic N) is 1. The lowest BCUT2D eigenvalue weighted by atomic mass is 10.1. The number of rotatable bonds is 10. The van der Waals surface area contributed by atoms with Gasteiger partial charge in [0.1, 0.15) is 12.6 Å². The summed E-state index contributed by atoms with van der Waals surface area (Å²) in [6.07, 6.45) is 1.92. The van der Waals surface area contributed by atoms with Crippen LogP contribution in [0.3, 0.4) is 0 Å². The molecule has 148 valence electrons. The van der Waals surface area contributed by atoms with Gasteiger partial charge in [-0.15, -0.1) is 0 Å². The number of hydrogen-bond acceptors (Lipinski definition) is 6. The average Bonchev–Trinajstić information content (AvgIpc) is 2.67. The second-order valence-corrected chi connectivity index (χ2v) is 6.40. The zero-order valence-electron chi connectivity index (χ0n) is 15.6. The van der Waals surface area contributed by atoms with Crippen LogP contribution in [0.25, 0.3) is 0 Å². The summed E-state index contributed by atoms with van der Waals surface area (Å²) >= 11 is 0. The van der Waals surface area contributed by atoms with E-state index >= 15 is 0 Å². The molecule has 8 nitrogen and oxygen atoms in total. The molecule has 2 rings (SSSR count). The highest BCUT2D eigenvalue weighted by molar-refractivity contribution is 5.95. The molecule has 0 bridgehead atoms. The number of carbonyl (C=O) groups excluding carboxylic acids is 3. The Balaban J connectivity index is 1.80. The quantitative estimate of drug-likeness (QED) is 0.465. The molecule has 1 fully saturated rings. The molecule has 1 aromatic carbocycles. The van der Waals surface area contributed by atoms with Crippen molar-refractivity contribution in [1.29, 1.82) is 0 Å². The Bertz CT molecular complexity index is 614. The van der Waals surface area contributed by atoms with Gasteiger partial charge in [-0.25, -0.2) is 0 Å². The van der Waals surface area contributed by atoms with Gasteiger partial charge in [-0.3, -0.25) is 19.3 Å². The first-order valence-electron chi connectivity index (χ1n) is 9.11. The van der Waals surface area contributed by atoms with Crippen molar-refractivity contribution in [3.63, 3.8) is 0 Å². The van der Waals surface area contributed by atoms with Gasteiger partial charge in [-0.05, 0) is 37.1 Å². The zero-order valence-corrected chi connectivity index (χ0v) is 15.6. The van der Waals surface area contributed by atoms with Crippen molar-refractivity contribution in [2.45, 2.75) is 32.4 Å². The second kappa shape index (κ2) is 11.3. The van der Waals surface area contributed by atoms with Crippen molar-refractivity contribution in [3.8, 4) is 0 Å². The van der Waals surface area contributed by atoms with Crippen LogP contribution in [-0.4, -0.2) is 62.1 Å². The van der Waals surface area contributed by atoms with Gasteiger partial charge in [-0.1, -0.05) is 12.1 Å². The normalized spacial score (nSPS) is 15.6. The molecule has 27 heavy (non-hydrogen) atoms. The lowest BCUT2D eigenvalue weighted by Gasteiger charge is -2.27. The van der Waals surface area contributed by atoms with E-state index in [0.29, 0.717) is 18.5 Å². The highest BCUT2D eigenvalue weighted by atomic mass is 16.5. The minimum atomic E-state index is -0.579. The van der Waals surface area contributed by atoms with Gasteiger partial charge in [0.25, 0.3) is 0 Å². The number of anilines is 1. The van der Waals surface area contributed by atoms with Crippen LogP contribution in [0.2, 0.25) is 0 Å². The molecule has 1 heterocycles. The number of esters is 1. The Labute approximate surface area is 159 Å².